The van der Waals surface area contributed by atoms with Crippen LogP contribution in [0.5, 0.6) is 5.88 Å². The smallest absolute Gasteiger partial charge is 0.269 e. The van der Waals surface area contributed by atoms with E-state index in [-0.39, 0.29) is 23.4 Å². The molecular weight excluding hydrogens is 425 g/mol. The summed E-state index contributed by atoms with van der Waals surface area (Å²) in [7, 11) is 0. The Morgan fingerprint density at radius 3 is 2.85 bits per heavy atom. The molecule has 33 heavy (non-hydrogen) atoms. The van der Waals surface area contributed by atoms with Gasteiger partial charge in [-0.2, -0.15) is 5.10 Å². The SMILES string of the molecule is O=C(N[C@H]1N=C(c2ccccc2)c2cccc(F)c2NC1=O)c1cnn2c1OC1CCC2C1. The average molecular weight is 445 g/mol. The van der Waals surface area contributed by atoms with Crippen LogP contribution in [0.25, 0.3) is 0 Å². The van der Waals surface area contributed by atoms with Crippen LogP contribution in [0.1, 0.15) is 46.8 Å². The molecule has 1 fully saturated rings. The van der Waals surface area contributed by atoms with Gasteiger partial charge in [0, 0.05) is 17.5 Å². The Labute approximate surface area is 188 Å². The van der Waals surface area contributed by atoms with E-state index in [2.05, 4.69) is 20.7 Å². The number of carbonyl (C=O) groups excluding carboxylic acids is 2. The summed E-state index contributed by atoms with van der Waals surface area (Å²) >= 11 is 0. The number of anilines is 1. The molecule has 166 valence electrons. The number of hydrogen-bond acceptors (Lipinski definition) is 5. The quantitative estimate of drug-likeness (QED) is 0.648. The number of carbonyl (C=O) groups is 2. The van der Waals surface area contributed by atoms with Gasteiger partial charge in [0.15, 0.2) is 0 Å². The summed E-state index contributed by atoms with van der Waals surface area (Å²) in [6.45, 7) is 0. The largest absolute Gasteiger partial charge is 0.474 e. The molecule has 2 aromatic carbocycles. The van der Waals surface area contributed by atoms with Crippen LogP contribution >= 0.6 is 0 Å². The second-order valence-corrected chi connectivity index (χ2v) is 8.39. The highest BCUT2D eigenvalue weighted by Crippen LogP contribution is 2.41. The molecule has 3 aromatic rings. The lowest BCUT2D eigenvalue weighted by Crippen LogP contribution is -2.42. The van der Waals surface area contributed by atoms with Gasteiger partial charge in [-0.15, -0.1) is 0 Å². The topological polar surface area (TPSA) is 97.6 Å². The second-order valence-electron chi connectivity index (χ2n) is 8.39. The van der Waals surface area contributed by atoms with Crippen molar-refractivity contribution in [2.24, 2.45) is 4.99 Å². The van der Waals surface area contributed by atoms with E-state index in [0.717, 1.165) is 19.3 Å². The Hall–Kier alpha value is -4.01. The zero-order chi connectivity index (χ0) is 22.5. The molecule has 9 heteroatoms. The Bertz CT molecular complexity index is 1300. The molecule has 2 N–H and O–H groups in total. The van der Waals surface area contributed by atoms with E-state index >= 15 is 0 Å². The minimum Gasteiger partial charge on any atom is -0.474 e. The zero-order valence-corrected chi connectivity index (χ0v) is 17.5. The van der Waals surface area contributed by atoms with Crippen LogP contribution in [-0.4, -0.2) is 39.6 Å². The molecule has 3 aliphatic rings. The summed E-state index contributed by atoms with van der Waals surface area (Å²) in [5.74, 6) is -1.32. The summed E-state index contributed by atoms with van der Waals surface area (Å²) in [6, 6.07) is 13.9. The first-order valence-corrected chi connectivity index (χ1v) is 10.9. The maximum absolute atomic E-state index is 14.6. The number of fused-ring (bicyclic) bond motifs is 5. The molecule has 3 heterocycles. The number of aromatic nitrogens is 2. The summed E-state index contributed by atoms with van der Waals surface area (Å²) in [5, 5.41) is 9.59. The molecule has 3 atom stereocenters. The van der Waals surface area contributed by atoms with Gasteiger partial charge in [0.2, 0.25) is 12.0 Å². The van der Waals surface area contributed by atoms with Crippen molar-refractivity contribution in [3.8, 4) is 5.88 Å². The molecule has 1 aromatic heterocycles. The molecule has 2 aliphatic heterocycles. The first kappa shape index (κ1) is 19.7. The normalized spacial score (nSPS) is 22.9. The van der Waals surface area contributed by atoms with Crippen LogP contribution < -0.4 is 15.4 Å². The highest BCUT2D eigenvalue weighted by molar-refractivity contribution is 6.20. The summed E-state index contributed by atoms with van der Waals surface area (Å²) in [6.07, 6.45) is 3.03. The van der Waals surface area contributed by atoms with E-state index < -0.39 is 23.8 Å². The van der Waals surface area contributed by atoms with Crippen LogP contribution in [0.3, 0.4) is 0 Å². The summed E-state index contributed by atoms with van der Waals surface area (Å²) < 4.78 is 22.3. The first-order chi connectivity index (χ1) is 16.1. The molecule has 6 rings (SSSR count). The Balaban J connectivity index is 1.37. The number of nitrogens with one attached hydrogen (secondary N) is 2. The van der Waals surface area contributed by atoms with Gasteiger partial charge >= 0.3 is 0 Å². The number of benzodiazepines with no additional fused rings is 1. The van der Waals surface area contributed by atoms with E-state index in [4.69, 9.17) is 4.74 Å². The van der Waals surface area contributed by atoms with Gasteiger partial charge in [0.25, 0.3) is 11.8 Å². The molecule has 0 spiro atoms. The molecule has 2 bridgehead atoms. The van der Waals surface area contributed by atoms with Gasteiger partial charge < -0.3 is 15.4 Å². The van der Waals surface area contributed by atoms with E-state index in [9.17, 15) is 14.0 Å². The van der Waals surface area contributed by atoms with Crippen LogP contribution in [-0.2, 0) is 4.79 Å². The number of halogens is 1. The Morgan fingerprint density at radius 2 is 2.00 bits per heavy atom. The van der Waals surface area contributed by atoms with Gasteiger partial charge in [0.1, 0.15) is 17.5 Å². The van der Waals surface area contributed by atoms with Gasteiger partial charge in [-0.25, -0.2) is 14.1 Å². The van der Waals surface area contributed by atoms with Gasteiger partial charge in [-0.3, -0.25) is 9.59 Å². The van der Waals surface area contributed by atoms with Crippen molar-refractivity contribution in [1.29, 1.82) is 0 Å². The first-order valence-electron chi connectivity index (χ1n) is 10.9. The van der Waals surface area contributed by atoms with Gasteiger partial charge in [0.05, 0.1) is 23.6 Å². The van der Waals surface area contributed by atoms with Crippen molar-refractivity contribution in [1.82, 2.24) is 15.1 Å². The van der Waals surface area contributed by atoms with Crippen molar-refractivity contribution in [2.45, 2.75) is 37.6 Å². The lowest BCUT2D eigenvalue weighted by Gasteiger charge is -2.23. The molecule has 1 aliphatic carbocycles. The van der Waals surface area contributed by atoms with E-state index in [0.29, 0.717) is 22.7 Å². The van der Waals surface area contributed by atoms with Crippen LogP contribution in [0.2, 0.25) is 0 Å². The fourth-order valence-corrected chi connectivity index (χ4v) is 4.71. The highest BCUT2D eigenvalue weighted by atomic mass is 19.1. The fourth-order valence-electron chi connectivity index (χ4n) is 4.71. The molecular formula is C24H20FN5O3. The number of benzene rings is 2. The molecule has 1 saturated carbocycles. The number of para-hydroxylation sites is 1. The van der Waals surface area contributed by atoms with Crippen molar-refractivity contribution < 1.29 is 18.7 Å². The second kappa shape index (κ2) is 7.54. The fraction of sp³-hybridized carbons (Fsp3) is 0.250. The predicted molar refractivity (Wildman–Crippen MR) is 118 cm³/mol. The van der Waals surface area contributed by atoms with Crippen molar-refractivity contribution in [3.05, 3.63) is 77.2 Å². The average Bonchev–Trinajstić information content (AvgIpc) is 3.40. The number of rotatable bonds is 3. The van der Waals surface area contributed by atoms with E-state index in [1.807, 2.05) is 30.3 Å². The number of ether oxygens (including phenoxy) is 1. The van der Waals surface area contributed by atoms with Gasteiger partial charge in [-0.1, -0.05) is 42.5 Å². The predicted octanol–water partition coefficient (Wildman–Crippen LogP) is 3.05. The third-order valence-electron chi connectivity index (χ3n) is 6.31. The monoisotopic (exact) mass is 445 g/mol. The molecule has 0 saturated heterocycles. The van der Waals surface area contributed by atoms with Gasteiger partial charge in [-0.05, 0) is 18.9 Å². The lowest BCUT2D eigenvalue weighted by molar-refractivity contribution is -0.117. The zero-order valence-electron chi connectivity index (χ0n) is 17.5. The summed E-state index contributed by atoms with van der Waals surface area (Å²) in [5.41, 5.74) is 1.82. The minimum atomic E-state index is -1.27. The summed E-state index contributed by atoms with van der Waals surface area (Å²) in [4.78, 5) is 30.7. The number of aliphatic imine (C=N–C) groups is 1. The number of nitrogens with zero attached hydrogens (tertiary/aromatic N) is 3. The molecule has 0 radical (unpaired) electrons. The third-order valence-corrected chi connectivity index (χ3v) is 6.31. The standard InChI is InChI=1S/C24H20FN5O3/c25-18-8-4-7-16-19(13-5-2-1-3-6-13)27-21(23(32)28-20(16)18)29-22(31)17-12-26-30-14-9-10-15(11-14)33-24(17)30/h1-8,12,14-15,21H,9-11H2,(H,28,32)(H,29,31)/t14?,15?,21-/m1/s1. The maximum Gasteiger partial charge on any atom is 0.269 e. The van der Waals surface area contributed by atoms with Crippen molar-refractivity contribution in [2.75, 3.05) is 5.32 Å². The number of hydrogen-bond donors (Lipinski definition) is 2. The molecule has 8 nitrogen and oxygen atoms in total. The molecule has 2 unspecified atom stereocenters. The third kappa shape index (κ3) is 3.27. The van der Waals surface area contributed by atoms with Crippen LogP contribution in [0, 0.1) is 5.82 Å². The Kier molecular flexibility index (Phi) is 4.49. The maximum atomic E-state index is 14.6. The van der Waals surface area contributed by atoms with E-state index in [1.54, 1.807) is 16.8 Å². The van der Waals surface area contributed by atoms with Crippen molar-refractivity contribution >= 4 is 23.2 Å². The lowest BCUT2D eigenvalue weighted by atomic mass is 10.0. The van der Waals surface area contributed by atoms with Crippen LogP contribution in [0.4, 0.5) is 10.1 Å². The number of amides is 2. The highest BCUT2D eigenvalue weighted by Gasteiger charge is 2.38. The Morgan fingerprint density at radius 1 is 1.15 bits per heavy atom. The minimum absolute atomic E-state index is 0.0321. The molecule has 2 amide bonds. The van der Waals surface area contributed by atoms with Crippen LogP contribution in [0.15, 0.2) is 59.7 Å². The van der Waals surface area contributed by atoms with Crippen molar-refractivity contribution in [3.63, 3.8) is 0 Å². The van der Waals surface area contributed by atoms with E-state index in [1.165, 1.54) is 12.3 Å².